The Morgan fingerprint density at radius 1 is 1.00 bits per heavy atom. The van der Waals surface area contributed by atoms with Crippen LogP contribution in [0.5, 0.6) is 11.5 Å². The number of aryl methyl sites for hydroxylation is 2. The summed E-state index contributed by atoms with van der Waals surface area (Å²) < 4.78 is 10.7. The second-order valence-corrected chi connectivity index (χ2v) is 8.50. The molecule has 3 heterocycles. The average Bonchev–Trinajstić information content (AvgIpc) is 3.20. The van der Waals surface area contributed by atoms with E-state index in [1.807, 2.05) is 24.3 Å². The Hall–Kier alpha value is -3.66. The maximum absolute atomic E-state index is 12.7. The fraction of sp³-hybridized carbons (Fsp3) is 0.440. The maximum Gasteiger partial charge on any atom is 0.260 e. The molecule has 1 aromatic carbocycles. The fourth-order valence-electron chi connectivity index (χ4n) is 4.12. The molecule has 0 aliphatic carbocycles. The number of benzene rings is 1. The fourth-order valence-corrected chi connectivity index (χ4v) is 4.12. The molecule has 10 heteroatoms. The van der Waals surface area contributed by atoms with Gasteiger partial charge in [-0.2, -0.15) is 5.10 Å². The molecule has 4 rings (SSSR count). The number of ether oxygens (including phenoxy) is 2. The third-order valence-corrected chi connectivity index (χ3v) is 6.19. The highest BCUT2D eigenvalue weighted by molar-refractivity contribution is 6.03. The van der Waals surface area contributed by atoms with Crippen LogP contribution in [-0.4, -0.2) is 77.9 Å². The van der Waals surface area contributed by atoms with Gasteiger partial charge >= 0.3 is 0 Å². The molecule has 35 heavy (non-hydrogen) atoms. The predicted molar refractivity (Wildman–Crippen MR) is 134 cm³/mol. The zero-order chi connectivity index (χ0) is 24.6. The van der Waals surface area contributed by atoms with Crippen molar-refractivity contribution in [1.29, 1.82) is 0 Å². The van der Waals surface area contributed by atoms with E-state index in [0.29, 0.717) is 17.3 Å². The van der Waals surface area contributed by atoms with E-state index in [1.54, 1.807) is 26.6 Å². The normalized spacial score (nSPS) is 14.4. The van der Waals surface area contributed by atoms with Crippen molar-refractivity contribution in [2.24, 2.45) is 0 Å². The van der Waals surface area contributed by atoms with Gasteiger partial charge in [-0.05, 0) is 50.0 Å². The summed E-state index contributed by atoms with van der Waals surface area (Å²) in [7, 11) is 3.27. The number of hydrogen-bond donors (Lipinski definition) is 2. The summed E-state index contributed by atoms with van der Waals surface area (Å²) in [5.74, 6) is 2.34. The third kappa shape index (κ3) is 6.48. The van der Waals surface area contributed by atoms with Gasteiger partial charge in [0.05, 0.1) is 19.8 Å². The minimum atomic E-state index is -0.292. The highest BCUT2D eigenvalue weighted by Gasteiger charge is 2.17. The number of hydrogen-bond acceptors (Lipinski definition) is 8. The number of H-pyrrole nitrogens is 1. The SMILES string of the molecule is CCN1CCCN(c2ncc(C(=O)Nc3cc(CCc4cc(OC)cc(OC)c4)[nH]n3)cn2)CC1. The summed E-state index contributed by atoms with van der Waals surface area (Å²) in [6, 6.07) is 7.64. The van der Waals surface area contributed by atoms with Gasteiger partial charge in [-0.15, -0.1) is 0 Å². The van der Waals surface area contributed by atoms with Crippen molar-refractivity contribution in [2.45, 2.75) is 26.2 Å². The molecular weight excluding hydrogens is 446 g/mol. The summed E-state index contributed by atoms with van der Waals surface area (Å²) in [5.41, 5.74) is 2.40. The van der Waals surface area contributed by atoms with Crippen LogP contribution in [0.3, 0.4) is 0 Å². The molecule has 1 aliphatic rings. The Morgan fingerprint density at radius 2 is 1.74 bits per heavy atom. The number of aromatic amines is 1. The first-order valence-corrected chi connectivity index (χ1v) is 11.9. The monoisotopic (exact) mass is 479 g/mol. The molecule has 3 aromatic rings. The van der Waals surface area contributed by atoms with Gasteiger partial charge in [0.15, 0.2) is 5.82 Å². The Bertz CT molecular complexity index is 1090. The van der Waals surface area contributed by atoms with Crippen molar-refractivity contribution in [3.63, 3.8) is 0 Å². The molecule has 1 fully saturated rings. The number of anilines is 2. The van der Waals surface area contributed by atoms with E-state index in [2.05, 4.69) is 42.2 Å². The van der Waals surface area contributed by atoms with Gasteiger partial charge in [-0.1, -0.05) is 6.92 Å². The average molecular weight is 480 g/mol. The molecule has 0 saturated carbocycles. The van der Waals surface area contributed by atoms with Crippen LogP contribution in [0.15, 0.2) is 36.7 Å². The Balaban J connectivity index is 1.32. The van der Waals surface area contributed by atoms with E-state index in [4.69, 9.17) is 9.47 Å². The minimum Gasteiger partial charge on any atom is -0.497 e. The lowest BCUT2D eigenvalue weighted by molar-refractivity contribution is 0.102. The lowest BCUT2D eigenvalue weighted by atomic mass is 10.1. The molecule has 1 amide bonds. The molecule has 186 valence electrons. The topological polar surface area (TPSA) is 108 Å². The number of carbonyl (C=O) groups is 1. The molecule has 1 aliphatic heterocycles. The van der Waals surface area contributed by atoms with Crippen LogP contribution in [0.1, 0.15) is 35.0 Å². The van der Waals surface area contributed by atoms with E-state index in [-0.39, 0.29) is 5.91 Å². The highest BCUT2D eigenvalue weighted by Crippen LogP contribution is 2.23. The molecule has 0 unspecified atom stereocenters. The number of amides is 1. The van der Waals surface area contributed by atoms with Gasteiger partial charge in [-0.3, -0.25) is 9.89 Å². The molecule has 1 saturated heterocycles. The van der Waals surface area contributed by atoms with Gasteiger partial charge in [0.2, 0.25) is 5.95 Å². The van der Waals surface area contributed by atoms with Crippen molar-refractivity contribution in [2.75, 3.05) is 57.2 Å². The van der Waals surface area contributed by atoms with Gasteiger partial charge in [0.25, 0.3) is 5.91 Å². The predicted octanol–water partition coefficient (Wildman–Crippen LogP) is 2.79. The number of nitrogens with zero attached hydrogens (tertiary/aromatic N) is 5. The van der Waals surface area contributed by atoms with Crippen LogP contribution in [0.25, 0.3) is 0 Å². The van der Waals surface area contributed by atoms with Crippen LogP contribution in [0.4, 0.5) is 11.8 Å². The molecule has 0 spiro atoms. The van der Waals surface area contributed by atoms with Gasteiger partial charge in [-0.25, -0.2) is 9.97 Å². The third-order valence-electron chi connectivity index (χ3n) is 6.19. The summed E-state index contributed by atoms with van der Waals surface area (Å²) in [4.78, 5) is 26.2. The van der Waals surface area contributed by atoms with E-state index < -0.39 is 0 Å². The molecule has 0 bridgehead atoms. The molecule has 0 radical (unpaired) electrons. The smallest absolute Gasteiger partial charge is 0.260 e. The lowest BCUT2D eigenvalue weighted by Crippen LogP contribution is -2.31. The molecule has 2 aromatic heterocycles. The van der Waals surface area contributed by atoms with Gasteiger partial charge in [0, 0.05) is 49.9 Å². The molecular formula is C25H33N7O3. The first kappa shape index (κ1) is 24.5. The number of carbonyl (C=O) groups excluding carboxylic acids is 1. The standard InChI is InChI=1S/C25H33N7O3/c1-4-31-8-5-9-32(11-10-31)25-26-16-19(17-27-25)24(33)28-23-14-20(29-30-23)7-6-18-12-21(34-2)15-22(13-18)35-3/h12-17H,4-11H2,1-3H3,(H2,28,29,30,33). The second kappa shape index (κ2) is 11.7. The van der Waals surface area contributed by atoms with Crippen molar-refractivity contribution >= 4 is 17.7 Å². The molecule has 10 nitrogen and oxygen atoms in total. The lowest BCUT2D eigenvalue weighted by Gasteiger charge is -2.20. The number of rotatable bonds is 9. The largest absolute Gasteiger partial charge is 0.497 e. The van der Waals surface area contributed by atoms with Crippen molar-refractivity contribution < 1.29 is 14.3 Å². The maximum atomic E-state index is 12.7. The Morgan fingerprint density at radius 3 is 2.43 bits per heavy atom. The highest BCUT2D eigenvalue weighted by atomic mass is 16.5. The summed E-state index contributed by atoms with van der Waals surface area (Å²) >= 11 is 0. The van der Waals surface area contributed by atoms with E-state index in [1.165, 1.54) is 0 Å². The Kier molecular flexibility index (Phi) is 8.15. The van der Waals surface area contributed by atoms with Crippen molar-refractivity contribution in [1.82, 2.24) is 25.1 Å². The Labute approximate surface area is 205 Å². The molecule has 0 atom stereocenters. The number of likely N-dealkylation sites (N-methyl/N-ethyl adjacent to an activating group) is 1. The van der Waals surface area contributed by atoms with Crippen LogP contribution in [0.2, 0.25) is 0 Å². The van der Waals surface area contributed by atoms with Crippen LogP contribution >= 0.6 is 0 Å². The summed E-state index contributed by atoms with van der Waals surface area (Å²) in [6.07, 6.45) is 5.72. The molecule has 2 N–H and O–H groups in total. The second-order valence-electron chi connectivity index (χ2n) is 8.50. The van der Waals surface area contributed by atoms with E-state index in [9.17, 15) is 4.79 Å². The van der Waals surface area contributed by atoms with Crippen molar-refractivity contribution in [3.05, 3.63) is 53.5 Å². The number of aromatic nitrogens is 4. The zero-order valence-electron chi connectivity index (χ0n) is 20.6. The summed E-state index contributed by atoms with van der Waals surface area (Å²) in [5, 5.41) is 10.0. The first-order valence-electron chi connectivity index (χ1n) is 11.9. The minimum absolute atomic E-state index is 0.292. The van der Waals surface area contributed by atoms with Crippen LogP contribution < -0.4 is 19.7 Å². The van der Waals surface area contributed by atoms with Gasteiger partial charge in [0.1, 0.15) is 11.5 Å². The van der Waals surface area contributed by atoms with Gasteiger partial charge < -0.3 is 24.6 Å². The first-order chi connectivity index (χ1) is 17.1. The van der Waals surface area contributed by atoms with Crippen LogP contribution in [-0.2, 0) is 12.8 Å². The van der Waals surface area contributed by atoms with Crippen LogP contribution in [0, 0.1) is 0 Å². The number of nitrogens with one attached hydrogen (secondary N) is 2. The summed E-state index contributed by atoms with van der Waals surface area (Å²) in [6.45, 7) is 7.12. The quantitative estimate of drug-likeness (QED) is 0.482. The van der Waals surface area contributed by atoms with Crippen molar-refractivity contribution in [3.8, 4) is 11.5 Å². The van der Waals surface area contributed by atoms with E-state index in [0.717, 1.165) is 74.7 Å². The zero-order valence-corrected chi connectivity index (χ0v) is 20.6. The van der Waals surface area contributed by atoms with E-state index >= 15 is 0 Å². The number of methoxy groups -OCH3 is 2.